The lowest BCUT2D eigenvalue weighted by atomic mass is 9.98. The van der Waals surface area contributed by atoms with Crippen molar-refractivity contribution in [1.82, 2.24) is 20.0 Å². The monoisotopic (exact) mass is 312 g/mol. The number of benzene rings is 1. The Morgan fingerprint density at radius 1 is 1.39 bits per heavy atom. The number of aromatic amines is 1. The second kappa shape index (κ2) is 5.42. The molecule has 1 aromatic carbocycles. The molecule has 23 heavy (non-hydrogen) atoms. The second-order valence-corrected chi connectivity index (χ2v) is 5.80. The van der Waals surface area contributed by atoms with Crippen LogP contribution in [0.2, 0.25) is 0 Å². The van der Waals surface area contributed by atoms with Crippen LogP contribution in [0, 0.1) is 0 Å². The quantitative estimate of drug-likeness (QED) is 0.758. The summed E-state index contributed by atoms with van der Waals surface area (Å²) in [5, 5.41) is 14.3. The van der Waals surface area contributed by atoms with Crippen LogP contribution in [0.3, 0.4) is 0 Å². The molecule has 1 amide bonds. The number of nitrogens with zero attached hydrogens (tertiary/aromatic N) is 3. The van der Waals surface area contributed by atoms with Gasteiger partial charge in [0.2, 0.25) is 0 Å². The molecule has 7 heteroatoms. The lowest BCUT2D eigenvalue weighted by Crippen LogP contribution is -2.38. The van der Waals surface area contributed by atoms with Gasteiger partial charge in [0, 0.05) is 29.9 Å². The van der Waals surface area contributed by atoms with Crippen molar-refractivity contribution in [2.45, 2.75) is 18.8 Å². The maximum Gasteiger partial charge on any atom is 0.407 e. The van der Waals surface area contributed by atoms with Gasteiger partial charge < -0.3 is 19.5 Å². The van der Waals surface area contributed by atoms with Crippen molar-refractivity contribution in [1.29, 1.82) is 0 Å². The Morgan fingerprint density at radius 3 is 3.09 bits per heavy atom. The zero-order valence-corrected chi connectivity index (χ0v) is 12.4. The van der Waals surface area contributed by atoms with Gasteiger partial charge in [-0.15, -0.1) is 0 Å². The zero-order valence-electron chi connectivity index (χ0n) is 12.4. The van der Waals surface area contributed by atoms with Crippen LogP contribution in [0.1, 0.15) is 24.6 Å². The first-order valence-corrected chi connectivity index (χ1v) is 7.60. The lowest BCUT2D eigenvalue weighted by molar-refractivity contribution is 0.129. The zero-order chi connectivity index (χ0) is 15.8. The number of fused-ring (bicyclic) bond motifs is 1. The molecule has 2 N–H and O–H groups in total. The van der Waals surface area contributed by atoms with Gasteiger partial charge in [-0.05, 0) is 25.0 Å². The fourth-order valence-electron chi connectivity index (χ4n) is 3.06. The fourth-order valence-corrected chi connectivity index (χ4v) is 3.06. The van der Waals surface area contributed by atoms with Gasteiger partial charge in [-0.25, -0.2) is 4.79 Å². The fraction of sp³-hybridized carbons (Fsp3) is 0.312. The Labute approximate surface area is 131 Å². The number of carbonyl (C=O) groups is 1. The first-order valence-electron chi connectivity index (χ1n) is 7.60. The maximum absolute atomic E-state index is 11.1. The molecule has 0 radical (unpaired) electrons. The first kappa shape index (κ1) is 13.8. The van der Waals surface area contributed by atoms with E-state index in [1.165, 1.54) is 4.90 Å². The predicted molar refractivity (Wildman–Crippen MR) is 83.2 cm³/mol. The number of likely N-dealkylation sites (tertiary alicyclic amines) is 1. The number of amides is 1. The average molecular weight is 312 g/mol. The van der Waals surface area contributed by atoms with Gasteiger partial charge in [-0.1, -0.05) is 23.4 Å². The number of carboxylic acid groups (broad SMARTS) is 1. The minimum atomic E-state index is -0.894. The number of para-hydroxylation sites is 1. The van der Waals surface area contributed by atoms with E-state index in [1.807, 2.05) is 30.3 Å². The van der Waals surface area contributed by atoms with Crippen molar-refractivity contribution in [2.75, 3.05) is 13.1 Å². The average Bonchev–Trinajstić information content (AvgIpc) is 3.21. The number of rotatable bonds is 2. The first-order chi connectivity index (χ1) is 11.2. The summed E-state index contributed by atoms with van der Waals surface area (Å²) in [4.78, 5) is 20.2. The Balaban J connectivity index is 1.60. The molecule has 0 aliphatic carbocycles. The molecular weight excluding hydrogens is 296 g/mol. The highest BCUT2D eigenvalue weighted by Gasteiger charge is 2.28. The van der Waals surface area contributed by atoms with Gasteiger partial charge in [-0.2, -0.15) is 4.98 Å². The van der Waals surface area contributed by atoms with E-state index in [0.717, 1.165) is 29.4 Å². The van der Waals surface area contributed by atoms with E-state index >= 15 is 0 Å². The van der Waals surface area contributed by atoms with Crippen molar-refractivity contribution in [2.24, 2.45) is 0 Å². The van der Waals surface area contributed by atoms with Crippen LogP contribution >= 0.6 is 0 Å². The largest absolute Gasteiger partial charge is 0.465 e. The minimum Gasteiger partial charge on any atom is -0.465 e. The van der Waals surface area contributed by atoms with E-state index in [-0.39, 0.29) is 5.92 Å². The summed E-state index contributed by atoms with van der Waals surface area (Å²) in [6, 6.07) is 9.91. The normalized spacial score (nSPS) is 18.4. The van der Waals surface area contributed by atoms with Crippen LogP contribution in [0.4, 0.5) is 4.79 Å². The van der Waals surface area contributed by atoms with Gasteiger partial charge >= 0.3 is 6.09 Å². The van der Waals surface area contributed by atoms with Crippen LogP contribution < -0.4 is 0 Å². The summed E-state index contributed by atoms with van der Waals surface area (Å²) >= 11 is 0. The Morgan fingerprint density at radius 2 is 2.26 bits per heavy atom. The van der Waals surface area contributed by atoms with Crippen LogP contribution in [0.25, 0.3) is 22.5 Å². The minimum absolute atomic E-state index is 0.0123. The molecule has 3 heterocycles. The molecule has 0 spiro atoms. The summed E-state index contributed by atoms with van der Waals surface area (Å²) in [5.74, 6) is 0.995. The van der Waals surface area contributed by atoms with E-state index in [4.69, 9.17) is 9.63 Å². The molecule has 3 aromatic rings. The van der Waals surface area contributed by atoms with E-state index in [9.17, 15) is 4.79 Å². The number of hydrogen-bond donors (Lipinski definition) is 2. The number of hydrogen-bond acceptors (Lipinski definition) is 4. The predicted octanol–water partition coefficient (Wildman–Crippen LogP) is 3.08. The number of piperidine rings is 1. The molecule has 1 aliphatic rings. The summed E-state index contributed by atoms with van der Waals surface area (Å²) < 4.78 is 5.37. The Hall–Kier alpha value is -2.83. The number of nitrogens with one attached hydrogen (secondary N) is 1. The van der Waals surface area contributed by atoms with Gasteiger partial charge in [0.15, 0.2) is 5.82 Å². The van der Waals surface area contributed by atoms with Crippen LogP contribution in [-0.2, 0) is 0 Å². The summed E-state index contributed by atoms with van der Waals surface area (Å²) in [7, 11) is 0. The number of aromatic nitrogens is 3. The standard InChI is InChI=1S/C16H16N4O3/c21-16(22)20-7-3-5-11(9-20)14-18-15(23-19-14)13-8-10-4-1-2-6-12(10)17-13/h1-2,4,6,8,11,17H,3,5,7,9H2,(H,21,22). The molecule has 0 saturated carbocycles. The third-order valence-electron chi connectivity index (χ3n) is 4.26. The number of H-pyrrole nitrogens is 1. The molecule has 7 nitrogen and oxygen atoms in total. The maximum atomic E-state index is 11.1. The van der Waals surface area contributed by atoms with Crippen molar-refractivity contribution in [3.63, 3.8) is 0 Å². The van der Waals surface area contributed by atoms with Crippen LogP contribution in [0.5, 0.6) is 0 Å². The molecule has 118 valence electrons. The van der Waals surface area contributed by atoms with Gasteiger partial charge in [-0.3, -0.25) is 0 Å². The summed E-state index contributed by atoms with van der Waals surface area (Å²) in [5.41, 5.74) is 1.79. The third-order valence-corrected chi connectivity index (χ3v) is 4.26. The SMILES string of the molecule is O=C(O)N1CCCC(c2noc(-c3cc4ccccc4[nH]3)n2)C1. The Bertz CT molecular complexity index is 821. The lowest BCUT2D eigenvalue weighted by Gasteiger charge is -2.28. The summed E-state index contributed by atoms with van der Waals surface area (Å²) in [6.45, 7) is 0.986. The topological polar surface area (TPSA) is 95.2 Å². The van der Waals surface area contributed by atoms with Crippen LogP contribution in [0.15, 0.2) is 34.9 Å². The Kier molecular flexibility index (Phi) is 3.25. The second-order valence-electron chi connectivity index (χ2n) is 5.80. The molecule has 1 atom stereocenters. The summed E-state index contributed by atoms with van der Waals surface area (Å²) in [6.07, 6.45) is 0.789. The van der Waals surface area contributed by atoms with E-state index in [0.29, 0.717) is 24.8 Å². The van der Waals surface area contributed by atoms with Crippen molar-refractivity contribution in [3.05, 3.63) is 36.2 Å². The van der Waals surface area contributed by atoms with E-state index in [1.54, 1.807) is 0 Å². The molecule has 1 saturated heterocycles. The van der Waals surface area contributed by atoms with Crippen molar-refractivity contribution < 1.29 is 14.4 Å². The molecule has 1 fully saturated rings. The van der Waals surface area contributed by atoms with Crippen molar-refractivity contribution in [3.8, 4) is 11.6 Å². The van der Waals surface area contributed by atoms with E-state index < -0.39 is 6.09 Å². The van der Waals surface area contributed by atoms with Gasteiger partial charge in [0.1, 0.15) is 5.69 Å². The highest BCUT2D eigenvalue weighted by molar-refractivity contribution is 5.84. The highest BCUT2D eigenvalue weighted by atomic mass is 16.5. The molecular formula is C16H16N4O3. The van der Waals surface area contributed by atoms with E-state index in [2.05, 4.69) is 15.1 Å². The van der Waals surface area contributed by atoms with Crippen LogP contribution in [-0.4, -0.2) is 44.3 Å². The smallest absolute Gasteiger partial charge is 0.407 e. The van der Waals surface area contributed by atoms with Crippen molar-refractivity contribution >= 4 is 17.0 Å². The molecule has 2 aromatic heterocycles. The third kappa shape index (κ3) is 2.54. The molecule has 1 aliphatic heterocycles. The molecule has 0 bridgehead atoms. The van der Waals surface area contributed by atoms with Gasteiger partial charge in [0.25, 0.3) is 5.89 Å². The molecule has 1 unspecified atom stereocenters. The van der Waals surface area contributed by atoms with Gasteiger partial charge in [0.05, 0.1) is 0 Å². The highest BCUT2D eigenvalue weighted by Crippen LogP contribution is 2.28. The molecule has 4 rings (SSSR count).